The lowest BCUT2D eigenvalue weighted by molar-refractivity contribution is -0.136. The second-order valence-corrected chi connectivity index (χ2v) is 4.18. The van der Waals surface area contributed by atoms with Crippen LogP contribution in [-0.2, 0) is 18.3 Å². The Hall–Kier alpha value is -1.81. The first-order valence-electron chi connectivity index (χ1n) is 5.06. The summed E-state index contributed by atoms with van der Waals surface area (Å²) in [6.45, 7) is 0. The van der Waals surface area contributed by atoms with Crippen LogP contribution in [0.5, 0.6) is 0 Å². The quantitative estimate of drug-likeness (QED) is 0.910. The van der Waals surface area contributed by atoms with Crippen molar-refractivity contribution < 1.29 is 9.90 Å². The van der Waals surface area contributed by atoms with Crippen LogP contribution in [0.15, 0.2) is 30.5 Å². The number of rotatable bonds is 3. The first-order valence-corrected chi connectivity index (χ1v) is 5.44. The highest BCUT2D eigenvalue weighted by Crippen LogP contribution is 2.24. The highest BCUT2D eigenvalue weighted by molar-refractivity contribution is 6.30. The van der Waals surface area contributed by atoms with Crippen molar-refractivity contribution in [2.24, 2.45) is 7.05 Å². The molecule has 0 saturated heterocycles. The molecule has 0 bridgehead atoms. The highest BCUT2D eigenvalue weighted by Gasteiger charge is 2.12. The standard InChI is InChI=1S/C12H11ClN2O2/c1-15-7-10(11(14-15)6-12(16)17)8-2-4-9(13)5-3-8/h2-5,7H,6H2,1H3,(H,16,17). The van der Waals surface area contributed by atoms with Crippen molar-refractivity contribution in [3.05, 3.63) is 41.2 Å². The predicted octanol–water partition coefficient (Wildman–Crippen LogP) is 2.37. The van der Waals surface area contributed by atoms with Gasteiger partial charge in [0.05, 0.1) is 12.1 Å². The monoisotopic (exact) mass is 250 g/mol. The van der Waals surface area contributed by atoms with Gasteiger partial charge in [0.15, 0.2) is 0 Å². The number of benzene rings is 1. The molecule has 17 heavy (non-hydrogen) atoms. The van der Waals surface area contributed by atoms with E-state index in [1.807, 2.05) is 18.3 Å². The number of carbonyl (C=O) groups is 1. The van der Waals surface area contributed by atoms with Gasteiger partial charge in [-0.15, -0.1) is 0 Å². The van der Waals surface area contributed by atoms with Crippen molar-refractivity contribution in [3.8, 4) is 11.1 Å². The van der Waals surface area contributed by atoms with Crippen LogP contribution in [0.2, 0.25) is 5.02 Å². The summed E-state index contributed by atoms with van der Waals surface area (Å²) in [7, 11) is 1.77. The summed E-state index contributed by atoms with van der Waals surface area (Å²) in [5, 5.41) is 13.6. The molecule has 0 fully saturated rings. The first kappa shape index (κ1) is 11.7. The molecule has 0 radical (unpaired) electrons. The van der Waals surface area contributed by atoms with Crippen molar-refractivity contribution in [1.29, 1.82) is 0 Å². The molecule has 0 aliphatic carbocycles. The SMILES string of the molecule is Cn1cc(-c2ccc(Cl)cc2)c(CC(=O)O)n1. The van der Waals surface area contributed by atoms with Gasteiger partial charge >= 0.3 is 5.97 Å². The number of aromatic nitrogens is 2. The molecule has 0 spiro atoms. The fraction of sp³-hybridized carbons (Fsp3) is 0.167. The van der Waals surface area contributed by atoms with E-state index in [2.05, 4.69) is 5.10 Å². The first-order chi connectivity index (χ1) is 8.06. The van der Waals surface area contributed by atoms with Crippen LogP contribution >= 0.6 is 11.6 Å². The third-order valence-corrected chi connectivity index (χ3v) is 2.63. The molecule has 88 valence electrons. The van der Waals surface area contributed by atoms with Gasteiger partial charge in [0, 0.05) is 23.8 Å². The number of aliphatic carboxylic acids is 1. The maximum atomic E-state index is 10.7. The highest BCUT2D eigenvalue weighted by atomic mass is 35.5. The van der Waals surface area contributed by atoms with Gasteiger partial charge in [0.25, 0.3) is 0 Å². The van der Waals surface area contributed by atoms with E-state index in [0.29, 0.717) is 10.7 Å². The van der Waals surface area contributed by atoms with Crippen molar-refractivity contribution >= 4 is 17.6 Å². The number of aryl methyl sites for hydroxylation is 1. The van der Waals surface area contributed by atoms with Crippen molar-refractivity contribution in [2.75, 3.05) is 0 Å². The number of halogens is 1. The van der Waals surface area contributed by atoms with Gasteiger partial charge in [-0.3, -0.25) is 9.48 Å². The molecule has 0 aliphatic heterocycles. The molecule has 5 heteroatoms. The summed E-state index contributed by atoms with van der Waals surface area (Å²) >= 11 is 5.81. The Morgan fingerprint density at radius 1 is 1.41 bits per heavy atom. The van der Waals surface area contributed by atoms with E-state index in [-0.39, 0.29) is 6.42 Å². The van der Waals surface area contributed by atoms with Crippen LogP contribution in [0.4, 0.5) is 0 Å². The van der Waals surface area contributed by atoms with Crippen LogP contribution in [-0.4, -0.2) is 20.9 Å². The van der Waals surface area contributed by atoms with Crippen molar-refractivity contribution in [3.63, 3.8) is 0 Å². The Morgan fingerprint density at radius 3 is 2.65 bits per heavy atom. The Morgan fingerprint density at radius 2 is 2.06 bits per heavy atom. The van der Waals surface area contributed by atoms with Gasteiger partial charge < -0.3 is 5.11 Å². The number of hydrogen-bond acceptors (Lipinski definition) is 2. The maximum Gasteiger partial charge on any atom is 0.309 e. The normalized spacial score (nSPS) is 10.5. The molecule has 1 heterocycles. The summed E-state index contributed by atoms with van der Waals surface area (Å²) < 4.78 is 1.61. The topological polar surface area (TPSA) is 55.1 Å². The van der Waals surface area contributed by atoms with Gasteiger partial charge in [-0.2, -0.15) is 5.10 Å². The minimum Gasteiger partial charge on any atom is -0.481 e. The second kappa shape index (κ2) is 4.59. The fourth-order valence-corrected chi connectivity index (χ4v) is 1.80. The number of nitrogens with zero attached hydrogens (tertiary/aromatic N) is 2. The second-order valence-electron chi connectivity index (χ2n) is 3.74. The zero-order chi connectivity index (χ0) is 12.4. The largest absolute Gasteiger partial charge is 0.481 e. The summed E-state index contributed by atoms with van der Waals surface area (Å²) in [5.41, 5.74) is 2.30. The molecule has 0 amide bonds. The summed E-state index contributed by atoms with van der Waals surface area (Å²) in [4.78, 5) is 10.7. The minimum atomic E-state index is -0.890. The van der Waals surface area contributed by atoms with E-state index >= 15 is 0 Å². The van der Waals surface area contributed by atoms with E-state index in [0.717, 1.165) is 11.1 Å². The Balaban J connectivity index is 2.43. The van der Waals surface area contributed by atoms with E-state index < -0.39 is 5.97 Å². The van der Waals surface area contributed by atoms with Gasteiger partial charge in [-0.1, -0.05) is 23.7 Å². The van der Waals surface area contributed by atoms with Crippen molar-refractivity contribution in [1.82, 2.24) is 9.78 Å². The summed E-state index contributed by atoms with van der Waals surface area (Å²) in [5.74, 6) is -0.890. The summed E-state index contributed by atoms with van der Waals surface area (Å²) in [6, 6.07) is 7.25. The molecule has 2 aromatic rings. The zero-order valence-corrected chi connectivity index (χ0v) is 9.98. The fourth-order valence-electron chi connectivity index (χ4n) is 1.68. The maximum absolute atomic E-state index is 10.7. The molecule has 1 N–H and O–H groups in total. The molecule has 0 saturated carbocycles. The molecular formula is C12H11ClN2O2. The lowest BCUT2D eigenvalue weighted by Crippen LogP contribution is -2.02. The smallest absolute Gasteiger partial charge is 0.309 e. The van der Waals surface area contributed by atoms with Gasteiger partial charge in [0.2, 0.25) is 0 Å². The number of hydrogen-bond donors (Lipinski definition) is 1. The van der Waals surface area contributed by atoms with Crippen LogP contribution < -0.4 is 0 Å². The molecule has 0 atom stereocenters. The van der Waals surface area contributed by atoms with E-state index in [4.69, 9.17) is 16.7 Å². The number of carboxylic acid groups (broad SMARTS) is 1. The molecule has 4 nitrogen and oxygen atoms in total. The Bertz CT molecular complexity index is 546. The average molecular weight is 251 g/mol. The molecule has 1 aromatic carbocycles. The predicted molar refractivity (Wildman–Crippen MR) is 65.0 cm³/mol. The average Bonchev–Trinajstić information content (AvgIpc) is 2.59. The van der Waals surface area contributed by atoms with E-state index in [1.165, 1.54) is 0 Å². The third kappa shape index (κ3) is 2.65. The lowest BCUT2D eigenvalue weighted by atomic mass is 10.1. The molecule has 2 rings (SSSR count). The van der Waals surface area contributed by atoms with Crippen LogP contribution in [0.25, 0.3) is 11.1 Å². The van der Waals surface area contributed by atoms with E-state index in [9.17, 15) is 4.79 Å². The lowest BCUT2D eigenvalue weighted by Gasteiger charge is -2.00. The Labute approximate surface area is 103 Å². The van der Waals surface area contributed by atoms with Gasteiger partial charge in [-0.05, 0) is 17.7 Å². The van der Waals surface area contributed by atoms with Crippen LogP contribution in [0.1, 0.15) is 5.69 Å². The van der Waals surface area contributed by atoms with E-state index in [1.54, 1.807) is 23.9 Å². The summed E-state index contributed by atoms with van der Waals surface area (Å²) in [6.07, 6.45) is 1.72. The zero-order valence-electron chi connectivity index (χ0n) is 9.22. The minimum absolute atomic E-state index is 0.0845. The van der Waals surface area contributed by atoms with Crippen LogP contribution in [0.3, 0.4) is 0 Å². The molecule has 1 aromatic heterocycles. The van der Waals surface area contributed by atoms with Gasteiger partial charge in [-0.25, -0.2) is 0 Å². The Kier molecular flexibility index (Phi) is 3.15. The van der Waals surface area contributed by atoms with Crippen LogP contribution in [0, 0.1) is 0 Å². The van der Waals surface area contributed by atoms with Crippen molar-refractivity contribution in [2.45, 2.75) is 6.42 Å². The van der Waals surface area contributed by atoms with Gasteiger partial charge in [0.1, 0.15) is 0 Å². The third-order valence-electron chi connectivity index (χ3n) is 2.38. The molecule has 0 aliphatic rings. The molecular weight excluding hydrogens is 240 g/mol. The number of carboxylic acids is 1. The molecule has 0 unspecified atom stereocenters.